The van der Waals surface area contributed by atoms with Crippen LogP contribution in [0.5, 0.6) is 0 Å². The summed E-state index contributed by atoms with van der Waals surface area (Å²) >= 11 is 0. The molecule has 1 N–H and O–H groups in total. The second kappa shape index (κ2) is 7.70. The molecule has 0 aliphatic heterocycles. The van der Waals surface area contributed by atoms with Gasteiger partial charge in [-0.25, -0.2) is 19.2 Å². The Balaban J connectivity index is 2.13. The quantitative estimate of drug-likeness (QED) is 0.656. The monoisotopic (exact) mass is 418 g/mol. The standard InChI is InChI=1S/C19H19FN4O4S/c1-19(2,3)28-18(26)22-12-6-7-13(20)14(9-12)24-15(25)8-5-11-10-21-17(29(4)27)23-16(11)24/h5-10H,1-4H3,(H,22,26). The van der Waals surface area contributed by atoms with Gasteiger partial charge < -0.3 is 4.74 Å². The zero-order valence-corrected chi connectivity index (χ0v) is 17.0. The van der Waals surface area contributed by atoms with E-state index in [2.05, 4.69) is 15.3 Å². The summed E-state index contributed by atoms with van der Waals surface area (Å²) in [5.41, 5.74) is -1.04. The van der Waals surface area contributed by atoms with Crippen molar-refractivity contribution in [1.29, 1.82) is 0 Å². The van der Waals surface area contributed by atoms with E-state index in [0.717, 1.165) is 10.6 Å². The highest BCUT2D eigenvalue weighted by molar-refractivity contribution is 7.84. The minimum atomic E-state index is -1.49. The van der Waals surface area contributed by atoms with Crippen LogP contribution in [0.15, 0.2) is 46.5 Å². The third kappa shape index (κ3) is 4.65. The van der Waals surface area contributed by atoms with E-state index < -0.39 is 33.9 Å². The van der Waals surface area contributed by atoms with Gasteiger partial charge in [-0.2, -0.15) is 0 Å². The molecule has 0 aliphatic carbocycles. The molecule has 2 heterocycles. The zero-order chi connectivity index (χ0) is 21.3. The average Bonchev–Trinajstić information content (AvgIpc) is 2.61. The molecular formula is C19H19FN4O4S. The number of nitrogens with zero attached hydrogens (tertiary/aromatic N) is 3. The van der Waals surface area contributed by atoms with E-state index in [0.29, 0.717) is 5.39 Å². The molecule has 1 aromatic carbocycles. The summed E-state index contributed by atoms with van der Waals surface area (Å²) in [5, 5.41) is 2.98. The number of hydrogen-bond acceptors (Lipinski definition) is 6. The van der Waals surface area contributed by atoms with Gasteiger partial charge in [-0.05, 0) is 45.0 Å². The van der Waals surface area contributed by atoms with Crippen LogP contribution in [-0.4, -0.2) is 36.7 Å². The second-order valence-corrected chi connectivity index (χ2v) is 8.46. The topological polar surface area (TPSA) is 103 Å². The molecule has 1 unspecified atom stereocenters. The third-order valence-corrected chi connectivity index (χ3v) is 4.41. The van der Waals surface area contributed by atoms with Crippen molar-refractivity contribution in [2.45, 2.75) is 31.5 Å². The number of anilines is 1. The van der Waals surface area contributed by atoms with Crippen molar-refractivity contribution in [2.24, 2.45) is 0 Å². The molecule has 3 rings (SSSR count). The summed E-state index contributed by atoms with van der Waals surface area (Å²) < 4.78 is 32.6. The number of amides is 1. The molecule has 1 amide bonds. The number of rotatable bonds is 3. The van der Waals surface area contributed by atoms with Gasteiger partial charge in [0, 0.05) is 29.6 Å². The Morgan fingerprint density at radius 3 is 2.62 bits per heavy atom. The van der Waals surface area contributed by atoms with Crippen molar-refractivity contribution in [3.63, 3.8) is 0 Å². The minimum Gasteiger partial charge on any atom is -0.444 e. The largest absolute Gasteiger partial charge is 0.444 e. The molecule has 0 radical (unpaired) electrons. The number of carbonyl (C=O) groups excluding carboxylic acids is 1. The van der Waals surface area contributed by atoms with Crippen molar-refractivity contribution in [1.82, 2.24) is 14.5 Å². The van der Waals surface area contributed by atoms with Crippen molar-refractivity contribution < 1.29 is 18.1 Å². The molecule has 1 atom stereocenters. The first-order chi connectivity index (χ1) is 13.5. The molecule has 2 aromatic heterocycles. The predicted molar refractivity (Wildman–Crippen MR) is 107 cm³/mol. The van der Waals surface area contributed by atoms with Crippen LogP contribution in [0.3, 0.4) is 0 Å². The number of pyridine rings is 1. The van der Waals surface area contributed by atoms with Crippen LogP contribution < -0.4 is 10.9 Å². The third-order valence-electron chi connectivity index (χ3n) is 3.70. The second-order valence-electron chi connectivity index (χ2n) is 7.19. The van der Waals surface area contributed by atoms with Gasteiger partial charge in [0.15, 0.2) is 5.65 Å². The molecule has 10 heteroatoms. The normalized spacial score (nSPS) is 12.6. The number of benzene rings is 1. The van der Waals surface area contributed by atoms with Gasteiger partial charge in [0.1, 0.15) is 11.4 Å². The molecule has 0 saturated carbocycles. The van der Waals surface area contributed by atoms with Gasteiger partial charge in [-0.1, -0.05) is 0 Å². The van der Waals surface area contributed by atoms with E-state index in [1.165, 1.54) is 36.7 Å². The Bertz CT molecular complexity index is 1190. The van der Waals surface area contributed by atoms with Crippen molar-refractivity contribution in [3.8, 4) is 5.69 Å². The van der Waals surface area contributed by atoms with Crippen LogP contribution in [-0.2, 0) is 15.5 Å². The van der Waals surface area contributed by atoms with Gasteiger partial charge >= 0.3 is 6.09 Å². The van der Waals surface area contributed by atoms with Crippen LogP contribution in [0.25, 0.3) is 16.7 Å². The van der Waals surface area contributed by atoms with Crippen LogP contribution in [0.4, 0.5) is 14.9 Å². The van der Waals surface area contributed by atoms with Gasteiger partial charge in [0.25, 0.3) is 5.56 Å². The maximum atomic E-state index is 14.6. The summed E-state index contributed by atoms with van der Waals surface area (Å²) in [6, 6.07) is 6.51. The van der Waals surface area contributed by atoms with Gasteiger partial charge in [0.05, 0.1) is 16.5 Å². The molecular weight excluding hydrogens is 399 g/mol. The number of carbonyl (C=O) groups is 1. The molecule has 3 aromatic rings. The molecule has 0 saturated heterocycles. The zero-order valence-electron chi connectivity index (χ0n) is 16.2. The lowest BCUT2D eigenvalue weighted by Gasteiger charge is -2.20. The molecule has 0 spiro atoms. The van der Waals surface area contributed by atoms with Crippen LogP contribution >= 0.6 is 0 Å². The maximum Gasteiger partial charge on any atom is 0.412 e. The fraction of sp³-hybridized carbons (Fsp3) is 0.263. The highest BCUT2D eigenvalue weighted by Crippen LogP contribution is 2.22. The lowest BCUT2D eigenvalue weighted by atomic mass is 10.2. The Kier molecular flexibility index (Phi) is 5.47. The van der Waals surface area contributed by atoms with Crippen molar-refractivity contribution >= 4 is 33.6 Å². The highest BCUT2D eigenvalue weighted by atomic mass is 32.2. The highest BCUT2D eigenvalue weighted by Gasteiger charge is 2.18. The van der Waals surface area contributed by atoms with Gasteiger partial charge in [-0.3, -0.25) is 18.9 Å². The van der Waals surface area contributed by atoms with E-state index >= 15 is 0 Å². The van der Waals surface area contributed by atoms with Crippen molar-refractivity contribution in [2.75, 3.05) is 11.6 Å². The SMILES string of the molecule is CS(=O)c1ncc2ccc(=O)n(-c3cc(NC(=O)OC(C)(C)C)ccc3F)c2n1. The van der Waals surface area contributed by atoms with E-state index in [4.69, 9.17) is 4.74 Å². The van der Waals surface area contributed by atoms with Crippen LogP contribution in [0.1, 0.15) is 20.8 Å². The first kappa shape index (κ1) is 20.6. The van der Waals surface area contributed by atoms with Crippen LogP contribution in [0, 0.1) is 5.82 Å². The van der Waals surface area contributed by atoms with E-state index in [1.807, 2.05) is 0 Å². The summed E-state index contributed by atoms with van der Waals surface area (Å²) in [5.74, 6) is -0.702. The maximum absolute atomic E-state index is 14.6. The predicted octanol–water partition coefficient (Wildman–Crippen LogP) is 3.00. The molecule has 0 bridgehead atoms. The smallest absolute Gasteiger partial charge is 0.412 e. The number of hydrogen-bond donors (Lipinski definition) is 1. The Labute approximate surface area is 168 Å². The number of ether oxygens (including phenoxy) is 1. The van der Waals surface area contributed by atoms with E-state index in [9.17, 15) is 18.2 Å². The number of halogens is 1. The Hall–Kier alpha value is -3.14. The number of fused-ring (bicyclic) bond motifs is 1. The minimum absolute atomic E-state index is 0.0142. The molecule has 152 valence electrons. The Morgan fingerprint density at radius 2 is 1.97 bits per heavy atom. The van der Waals surface area contributed by atoms with Gasteiger partial charge in [0.2, 0.25) is 5.16 Å². The fourth-order valence-electron chi connectivity index (χ4n) is 2.56. The summed E-state index contributed by atoms with van der Waals surface area (Å²) in [7, 11) is -1.49. The molecule has 0 fully saturated rings. The summed E-state index contributed by atoms with van der Waals surface area (Å²) in [6.07, 6.45) is 2.10. The fourth-order valence-corrected chi connectivity index (χ4v) is 2.97. The number of aromatic nitrogens is 3. The summed E-state index contributed by atoms with van der Waals surface area (Å²) in [4.78, 5) is 32.7. The van der Waals surface area contributed by atoms with Crippen molar-refractivity contribution in [3.05, 3.63) is 52.7 Å². The molecule has 0 aliphatic rings. The number of nitrogens with one attached hydrogen (secondary N) is 1. The first-order valence-electron chi connectivity index (χ1n) is 8.57. The molecule has 8 nitrogen and oxygen atoms in total. The van der Waals surface area contributed by atoms with E-state index in [-0.39, 0.29) is 22.2 Å². The lowest BCUT2D eigenvalue weighted by molar-refractivity contribution is 0.0636. The first-order valence-corrected chi connectivity index (χ1v) is 10.1. The summed E-state index contributed by atoms with van der Waals surface area (Å²) in [6.45, 7) is 5.15. The van der Waals surface area contributed by atoms with E-state index in [1.54, 1.807) is 20.8 Å². The van der Waals surface area contributed by atoms with Crippen LogP contribution in [0.2, 0.25) is 0 Å². The molecule has 29 heavy (non-hydrogen) atoms. The Morgan fingerprint density at radius 1 is 1.24 bits per heavy atom. The lowest BCUT2D eigenvalue weighted by Crippen LogP contribution is -2.27. The average molecular weight is 418 g/mol. The van der Waals surface area contributed by atoms with Gasteiger partial charge in [-0.15, -0.1) is 0 Å².